The van der Waals surface area contributed by atoms with E-state index in [1.165, 1.54) is 20.0 Å². The summed E-state index contributed by atoms with van der Waals surface area (Å²) in [5.41, 5.74) is 0.215. The lowest BCUT2D eigenvalue weighted by atomic mass is 10.3. The molecule has 1 aromatic carbocycles. The summed E-state index contributed by atoms with van der Waals surface area (Å²) in [6, 6.07) is 3.48. The Balaban J connectivity index is 3.04. The fourth-order valence-corrected chi connectivity index (χ4v) is 2.76. The highest BCUT2D eigenvalue weighted by Crippen LogP contribution is 2.21. The van der Waals surface area contributed by atoms with Crippen LogP contribution in [-0.4, -0.2) is 45.8 Å². The number of amides is 1. The number of benzene rings is 1. The van der Waals surface area contributed by atoms with E-state index in [1.807, 2.05) is 0 Å². The Morgan fingerprint density at radius 3 is 2.55 bits per heavy atom. The van der Waals surface area contributed by atoms with Crippen LogP contribution in [0.3, 0.4) is 0 Å². The normalized spacial score (nSPS) is 11.7. The zero-order chi connectivity index (χ0) is 15.3. The lowest BCUT2D eigenvalue weighted by molar-refractivity contribution is -0.114. The van der Waals surface area contributed by atoms with Crippen molar-refractivity contribution >= 4 is 21.6 Å². The van der Waals surface area contributed by atoms with Gasteiger partial charge in [-0.05, 0) is 25.2 Å². The predicted molar refractivity (Wildman–Crippen MR) is 74.4 cm³/mol. The summed E-state index contributed by atoms with van der Waals surface area (Å²) in [4.78, 5) is 10.5. The molecule has 0 aliphatic rings. The van der Waals surface area contributed by atoms with Gasteiger partial charge in [0.15, 0.2) is 0 Å². The number of carbonyl (C=O) groups excluding carboxylic acids is 1. The summed E-state index contributed by atoms with van der Waals surface area (Å²) in [6.45, 7) is 1.97. The second-order valence-corrected chi connectivity index (χ2v) is 6.27. The zero-order valence-electron chi connectivity index (χ0n) is 11.6. The number of halogens is 1. The van der Waals surface area contributed by atoms with E-state index in [1.54, 1.807) is 7.05 Å². The van der Waals surface area contributed by atoms with Gasteiger partial charge in [-0.2, -0.15) is 4.31 Å². The van der Waals surface area contributed by atoms with Gasteiger partial charge in [-0.1, -0.05) is 0 Å². The van der Waals surface area contributed by atoms with E-state index in [-0.39, 0.29) is 18.1 Å². The molecule has 0 saturated heterocycles. The van der Waals surface area contributed by atoms with Crippen LogP contribution in [0.4, 0.5) is 10.1 Å². The second-order valence-electron chi connectivity index (χ2n) is 4.26. The summed E-state index contributed by atoms with van der Waals surface area (Å²) in [5.74, 6) is -1.25. The van der Waals surface area contributed by atoms with Crippen LogP contribution >= 0.6 is 0 Å². The minimum Gasteiger partial charge on any atom is -0.326 e. The first kappa shape index (κ1) is 16.5. The lowest BCUT2D eigenvalue weighted by Crippen LogP contribution is -2.33. The molecular weight excluding hydrogens is 285 g/mol. The maximum atomic E-state index is 13.9. The molecule has 112 valence electrons. The molecule has 0 heterocycles. The third-order valence-electron chi connectivity index (χ3n) is 2.62. The predicted octanol–water partition coefficient (Wildman–Crippen LogP) is 0.624. The third-order valence-corrected chi connectivity index (χ3v) is 4.51. The van der Waals surface area contributed by atoms with Gasteiger partial charge in [0, 0.05) is 32.7 Å². The number of sulfonamides is 1. The topological polar surface area (TPSA) is 78.5 Å². The molecule has 8 heteroatoms. The zero-order valence-corrected chi connectivity index (χ0v) is 12.4. The van der Waals surface area contributed by atoms with Crippen molar-refractivity contribution in [2.75, 3.05) is 32.5 Å². The van der Waals surface area contributed by atoms with Crippen molar-refractivity contribution in [2.45, 2.75) is 11.8 Å². The maximum Gasteiger partial charge on any atom is 0.245 e. The molecule has 1 aromatic rings. The molecule has 0 unspecified atom stereocenters. The Bertz CT molecular complexity index is 590. The SMILES string of the molecule is CNCCN(C)S(=O)(=O)c1ccc(NC(C)=O)cc1F. The highest BCUT2D eigenvalue weighted by Gasteiger charge is 2.24. The van der Waals surface area contributed by atoms with E-state index < -0.39 is 20.7 Å². The first-order valence-electron chi connectivity index (χ1n) is 5.97. The van der Waals surface area contributed by atoms with Crippen LogP contribution in [0, 0.1) is 5.82 Å². The van der Waals surface area contributed by atoms with E-state index in [4.69, 9.17) is 0 Å². The number of nitrogens with one attached hydrogen (secondary N) is 2. The maximum absolute atomic E-state index is 13.9. The summed E-state index contributed by atoms with van der Waals surface area (Å²) in [5, 5.41) is 5.21. The second kappa shape index (κ2) is 6.78. The number of likely N-dealkylation sites (N-methyl/N-ethyl adjacent to an activating group) is 2. The van der Waals surface area contributed by atoms with Crippen molar-refractivity contribution in [3.63, 3.8) is 0 Å². The Morgan fingerprint density at radius 2 is 2.05 bits per heavy atom. The molecular formula is C12H18FN3O3S. The van der Waals surface area contributed by atoms with Crippen molar-refractivity contribution in [3.05, 3.63) is 24.0 Å². The van der Waals surface area contributed by atoms with Gasteiger partial charge in [0.1, 0.15) is 10.7 Å². The number of carbonyl (C=O) groups is 1. The summed E-state index contributed by atoms with van der Waals surface area (Å²) in [6.07, 6.45) is 0. The van der Waals surface area contributed by atoms with Gasteiger partial charge in [-0.25, -0.2) is 12.8 Å². The largest absolute Gasteiger partial charge is 0.326 e. The Kier molecular flexibility index (Phi) is 5.61. The van der Waals surface area contributed by atoms with Crippen LogP contribution in [0.2, 0.25) is 0 Å². The summed E-state index contributed by atoms with van der Waals surface area (Å²) >= 11 is 0. The number of hydrogen-bond acceptors (Lipinski definition) is 4. The number of rotatable bonds is 6. The first-order valence-corrected chi connectivity index (χ1v) is 7.41. The van der Waals surface area contributed by atoms with Gasteiger partial charge in [0.05, 0.1) is 0 Å². The van der Waals surface area contributed by atoms with Crippen molar-refractivity contribution in [1.82, 2.24) is 9.62 Å². The van der Waals surface area contributed by atoms with Crippen LogP contribution < -0.4 is 10.6 Å². The fourth-order valence-electron chi connectivity index (χ4n) is 1.55. The Hall–Kier alpha value is -1.51. The molecule has 0 aromatic heterocycles. The summed E-state index contributed by atoms with van der Waals surface area (Å²) in [7, 11) is -0.801. The molecule has 20 heavy (non-hydrogen) atoms. The van der Waals surface area contributed by atoms with Crippen molar-refractivity contribution in [1.29, 1.82) is 0 Å². The van der Waals surface area contributed by atoms with Crippen LogP contribution in [0.5, 0.6) is 0 Å². The first-order chi connectivity index (χ1) is 9.28. The van der Waals surface area contributed by atoms with E-state index in [0.717, 1.165) is 16.4 Å². The monoisotopic (exact) mass is 303 g/mol. The van der Waals surface area contributed by atoms with Crippen LogP contribution in [0.25, 0.3) is 0 Å². The number of anilines is 1. The molecule has 0 aliphatic carbocycles. The molecule has 1 amide bonds. The highest BCUT2D eigenvalue weighted by atomic mass is 32.2. The third kappa shape index (κ3) is 3.99. The average Bonchev–Trinajstić information content (AvgIpc) is 2.34. The molecule has 6 nitrogen and oxygen atoms in total. The van der Waals surface area contributed by atoms with E-state index in [2.05, 4.69) is 10.6 Å². The Morgan fingerprint density at radius 1 is 1.40 bits per heavy atom. The smallest absolute Gasteiger partial charge is 0.245 e. The Labute approximate surface area is 118 Å². The van der Waals surface area contributed by atoms with Crippen molar-refractivity contribution < 1.29 is 17.6 Å². The number of nitrogens with zero attached hydrogens (tertiary/aromatic N) is 1. The van der Waals surface area contributed by atoms with Gasteiger partial charge < -0.3 is 10.6 Å². The van der Waals surface area contributed by atoms with Gasteiger partial charge in [-0.15, -0.1) is 0 Å². The minimum absolute atomic E-state index is 0.215. The molecule has 0 saturated carbocycles. The molecule has 0 aliphatic heterocycles. The molecule has 0 radical (unpaired) electrons. The molecule has 2 N–H and O–H groups in total. The summed E-state index contributed by atoms with van der Waals surface area (Å²) < 4.78 is 39.3. The van der Waals surface area contributed by atoms with Crippen molar-refractivity contribution in [3.8, 4) is 0 Å². The van der Waals surface area contributed by atoms with E-state index >= 15 is 0 Å². The van der Waals surface area contributed by atoms with Gasteiger partial charge in [-0.3, -0.25) is 4.79 Å². The van der Waals surface area contributed by atoms with Crippen LogP contribution in [0.15, 0.2) is 23.1 Å². The van der Waals surface area contributed by atoms with E-state index in [0.29, 0.717) is 6.54 Å². The van der Waals surface area contributed by atoms with Crippen LogP contribution in [0.1, 0.15) is 6.92 Å². The average molecular weight is 303 g/mol. The highest BCUT2D eigenvalue weighted by molar-refractivity contribution is 7.89. The van der Waals surface area contributed by atoms with E-state index in [9.17, 15) is 17.6 Å². The standard InChI is InChI=1S/C12H18FN3O3S/c1-9(17)15-10-4-5-12(11(13)8-10)20(18,19)16(3)7-6-14-2/h4-5,8,14H,6-7H2,1-3H3,(H,15,17). The molecule has 0 atom stereocenters. The quantitative estimate of drug-likeness (QED) is 0.808. The van der Waals surface area contributed by atoms with Gasteiger partial charge in [0.2, 0.25) is 15.9 Å². The minimum atomic E-state index is -3.88. The molecule has 0 bridgehead atoms. The molecule has 0 fully saturated rings. The molecule has 1 rings (SSSR count). The van der Waals surface area contributed by atoms with Crippen molar-refractivity contribution in [2.24, 2.45) is 0 Å². The fraction of sp³-hybridized carbons (Fsp3) is 0.417. The van der Waals surface area contributed by atoms with Gasteiger partial charge >= 0.3 is 0 Å². The molecule has 0 spiro atoms. The van der Waals surface area contributed by atoms with Gasteiger partial charge in [0.25, 0.3) is 0 Å². The lowest BCUT2D eigenvalue weighted by Gasteiger charge is -2.17. The number of hydrogen-bond donors (Lipinski definition) is 2. The van der Waals surface area contributed by atoms with Crippen LogP contribution in [-0.2, 0) is 14.8 Å².